The van der Waals surface area contributed by atoms with E-state index in [2.05, 4.69) is 15.6 Å². The molecule has 1 aliphatic heterocycles. The second-order valence-corrected chi connectivity index (χ2v) is 4.82. The number of nitrogens with one attached hydrogen (secondary N) is 1. The van der Waals surface area contributed by atoms with Gasteiger partial charge in [-0.05, 0) is 17.7 Å². The number of carbonyl (C=O) groups is 1. The molecule has 0 saturated heterocycles. The summed E-state index contributed by atoms with van der Waals surface area (Å²) < 4.78 is 0. The number of amides is 1. The SMILES string of the molecule is O=C(NOCc1ccccc1)C1CC(c2cccnc2)=NO1. The number of aromatic nitrogens is 1. The largest absolute Gasteiger partial charge is 0.382 e. The Bertz CT molecular complexity index is 659. The molecule has 6 nitrogen and oxygen atoms in total. The number of benzene rings is 1. The fourth-order valence-electron chi connectivity index (χ4n) is 2.05. The number of rotatable bonds is 5. The Morgan fingerprint density at radius 1 is 1.27 bits per heavy atom. The molecule has 1 unspecified atom stereocenters. The molecule has 0 bridgehead atoms. The molecule has 3 rings (SSSR count). The Kier molecular flexibility index (Phi) is 4.41. The predicted molar refractivity (Wildman–Crippen MR) is 79.6 cm³/mol. The zero-order valence-corrected chi connectivity index (χ0v) is 11.8. The maximum Gasteiger partial charge on any atom is 0.287 e. The van der Waals surface area contributed by atoms with Gasteiger partial charge in [0.1, 0.15) is 0 Å². The van der Waals surface area contributed by atoms with E-state index in [4.69, 9.17) is 9.68 Å². The van der Waals surface area contributed by atoms with Crippen LogP contribution in [0.2, 0.25) is 0 Å². The first-order valence-corrected chi connectivity index (χ1v) is 6.91. The minimum atomic E-state index is -0.675. The third-order valence-electron chi connectivity index (χ3n) is 3.21. The Morgan fingerprint density at radius 3 is 2.91 bits per heavy atom. The van der Waals surface area contributed by atoms with Gasteiger partial charge in [-0.25, -0.2) is 5.48 Å². The lowest BCUT2D eigenvalue weighted by Gasteiger charge is -2.09. The molecule has 0 saturated carbocycles. The molecular formula is C16H15N3O3. The van der Waals surface area contributed by atoms with Crippen LogP contribution in [0.4, 0.5) is 0 Å². The fourth-order valence-corrected chi connectivity index (χ4v) is 2.05. The topological polar surface area (TPSA) is 72.8 Å². The van der Waals surface area contributed by atoms with Gasteiger partial charge in [0, 0.05) is 24.4 Å². The number of oxime groups is 1. The maximum atomic E-state index is 12.0. The third kappa shape index (κ3) is 3.48. The van der Waals surface area contributed by atoms with Gasteiger partial charge in [-0.1, -0.05) is 35.5 Å². The molecule has 0 spiro atoms. The first-order chi connectivity index (χ1) is 10.8. The van der Waals surface area contributed by atoms with Gasteiger partial charge in [0.2, 0.25) is 6.10 Å². The zero-order chi connectivity index (χ0) is 15.2. The van der Waals surface area contributed by atoms with Gasteiger partial charge in [-0.2, -0.15) is 0 Å². The first kappa shape index (κ1) is 14.2. The van der Waals surface area contributed by atoms with E-state index < -0.39 is 6.10 Å². The molecule has 1 atom stereocenters. The Labute approximate surface area is 127 Å². The standard InChI is InChI=1S/C16H15N3O3/c20-16(19-21-11-12-5-2-1-3-6-12)15-9-14(18-22-15)13-7-4-8-17-10-13/h1-8,10,15H,9,11H2,(H,19,20). The van der Waals surface area contributed by atoms with Gasteiger partial charge in [0.05, 0.1) is 12.3 Å². The van der Waals surface area contributed by atoms with Crippen LogP contribution in [0.1, 0.15) is 17.5 Å². The van der Waals surface area contributed by atoms with Crippen molar-refractivity contribution in [1.29, 1.82) is 0 Å². The van der Waals surface area contributed by atoms with Crippen molar-refractivity contribution >= 4 is 11.6 Å². The minimum Gasteiger partial charge on any atom is -0.382 e. The maximum absolute atomic E-state index is 12.0. The van der Waals surface area contributed by atoms with Crippen molar-refractivity contribution in [3.8, 4) is 0 Å². The van der Waals surface area contributed by atoms with Crippen molar-refractivity contribution in [1.82, 2.24) is 10.5 Å². The van der Waals surface area contributed by atoms with E-state index in [1.165, 1.54) is 0 Å². The first-order valence-electron chi connectivity index (χ1n) is 6.91. The number of nitrogens with zero attached hydrogens (tertiary/aromatic N) is 2. The van der Waals surface area contributed by atoms with Crippen molar-refractivity contribution < 1.29 is 14.5 Å². The highest BCUT2D eigenvalue weighted by molar-refractivity contribution is 6.03. The smallest absolute Gasteiger partial charge is 0.287 e. The van der Waals surface area contributed by atoms with E-state index in [1.54, 1.807) is 12.4 Å². The highest BCUT2D eigenvalue weighted by Gasteiger charge is 2.29. The molecule has 0 aliphatic carbocycles. The predicted octanol–water partition coefficient (Wildman–Crippen LogP) is 1.82. The molecule has 1 amide bonds. The fraction of sp³-hybridized carbons (Fsp3) is 0.188. The van der Waals surface area contributed by atoms with E-state index in [0.29, 0.717) is 18.7 Å². The summed E-state index contributed by atoms with van der Waals surface area (Å²) in [6.07, 6.45) is 3.09. The quantitative estimate of drug-likeness (QED) is 0.854. The molecular weight excluding hydrogens is 282 g/mol. The summed E-state index contributed by atoms with van der Waals surface area (Å²) in [5, 5.41) is 3.93. The average Bonchev–Trinajstić information content (AvgIpc) is 3.07. The van der Waals surface area contributed by atoms with Crippen molar-refractivity contribution in [3.63, 3.8) is 0 Å². The molecule has 6 heteroatoms. The van der Waals surface area contributed by atoms with Crippen LogP contribution < -0.4 is 5.48 Å². The van der Waals surface area contributed by atoms with Gasteiger partial charge in [0.25, 0.3) is 5.91 Å². The Morgan fingerprint density at radius 2 is 2.14 bits per heavy atom. The molecule has 1 aromatic heterocycles. The van der Waals surface area contributed by atoms with Crippen LogP contribution in [0.15, 0.2) is 60.0 Å². The zero-order valence-electron chi connectivity index (χ0n) is 11.8. The van der Waals surface area contributed by atoms with Crippen molar-refractivity contribution in [2.24, 2.45) is 5.16 Å². The third-order valence-corrected chi connectivity index (χ3v) is 3.21. The Balaban J connectivity index is 1.47. The van der Waals surface area contributed by atoms with Gasteiger partial charge in [-0.15, -0.1) is 0 Å². The molecule has 0 fully saturated rings. The van der Waals surface area contributed by atoms with Crippen molar-refractivity contribution in [2.45, 2.75) is 19.1 Å². The van der Waals surface area contributed by atoms with E-state index in [9.17, 15) is 4.79 Å². The number of hydroxylamine groups is 1. The second-order valence-electron chi connectivity index (χ2n) is 4.82. The van der Waals surface area contributed by atoms with E-state index in [1.807, 2.05) is 42.5 Å². The normalized spacial score (nSPS) is 16.7. The lowest BCUT2D eigenvalue weighted by molar-refractivity contribution is -0.145. The molecule has 112 valence electrons. The summed E-state index contributed by atoms with van der Waals surface area (Å²) in [6, 6.07) is 13.3. The molecule has 1 aliphatic rings. The second kappa shape index (κ2) is 6.82. The monoisotopic (exact) mass is 297 g/mol. The van der Waals surface area contributed by atoms with E-state index >= 15 is 0 Å². The molecule has 2 aromatic rings. The summed E-state index contributed by atoms with van der Waals surface area (Å²) in [5.74, 6) is -0.349. The lowest BCUT2D eigenvalue weighted by Crippen LogP contribution is -2.34. The molecule has 2 heterocycles. The minimum absolute atomic E-state index is 0.301. The van der Waals surface area contributed by atoms with Crippen LogP contribution in [0.5, 0.6) is 0 Å². The number of carbonyl (C=O) groups excluding carboxylic acids is 1. The molecule has 1 aromatic carbocycles. The summed E-state index contributed by atoms with van der Waals surface area (Å²) in [7, 11) is 0. The van der Waals surface area contributed by atoms with Crippen LogP contribution in [0, 0.1) is 0 Å². The van der Waals surface area contributed by atoms with Crippen LogP contribution in [0.3, 0.4) is 0 Å². The number of pyridine rings is 1. The summed E-state index contributed by atoms with van der Waals surface area (Å²) >= 11 is 0. The van der Waals surface area contributed by atoms with Gasteiger partial charge >= 0.3 is 0 Å². The molecule has 22 heavy (non-hydrogen) atoms. The number of hydrogen-bond donors (Lipinski definition) is 1. The van der Waals surface area contributed by atoms with Crippen LogP contribution in [0.25, 0.3) is 0 Å². The number of hydrogen-bond acceptors (Lipinski definition) is 5. The summed E-state index contributed by atoms with van der Waals surface area (Å²) in [4.78, 5) is 26.3. The highest BCUT2D eigenvalue weighted by Crippen LogP contribution is 2.16. The lowest BCUT2D eigenvalue weighted by atomic mass is 10.1. The van der Waals surface area contributed by atoms with E-state index in [-0.39, 0.29) is 5.91 Å². The highest BCUT2D eigenvalue weighted by atomic mass is 16.7. The van der Waals surface area contributed by atoms with Crippen LogP contribution >= 0.6 is 0 Å². The van der Waals surface area contributed by atoms with Crippen molar-refractivity contribution in [2.75, 3.05) is 0 Å². The Hall–Kier alpha value is -2.73. The van der Waals surface area contributed by atoms with Crippen LogP contribution in [-0.4, -0.2) is 22.7 Å². The van der Waals surface area contributed by atoms with Crippen molar-refractivity contribution in [3.05, 3.63) is 66.0 Å². The average molecular weight is 297 g/mol. The van der Waals surface area contributed by atoms with Crippen LogP contribution in [-0.2, 0) is 21.1 Å². The summed E-state index contributed by atoms with van der Waals surface area (Å²) in [6.45, 7) is 0.301. The van der Waals surface area contributed by atoms with E-state index in [0.717, 1.165) is 11.1 Å². The molecule has 1 N–H and O–H groups in total. The van der Waals surface area contributed by atoms with Gasteiger partial charge in [-0.3, -0.25) is 14.6 Å². The van der Waals surface area contributed by atoms with Gasteiger partial charge < -0.3 is 4.84 Å². The van der Waals surface area contributed by atoms with Gasteiger partial charge in [0.15, 0.2) is 0 Å². The molecule has 0 radical (unpaired) electrons. The summed E-state index contributed by atoms with van der Waals surface area (Å²) in [5.41, 5.74) is 4.92.